The lowest BCUT2D eigenvalue weighted by molar-refractivity contribution is 0.409. The zero-order valence-corrected chi connectivity index (χ0v) is 9.41. The van der Waals surface area contributed by atoms with Crippen LogP contribution in [0, 0.1) is 5.92 Å². The van der Waals surface area contributed by atoms with Crippen LogP contribution in [-0.4, -0.2) is 12.7 Å². The largest absolute Gasteiger partial charge is 0.372 e. The van der Waals surface area contributed by atoms with Crippen molar-refractivity contribution in [2.75, 3.05) is 6.61 Å². The molecule has 0 spiro atoms. The second-order valence-electron chi connectivity index (χ2n) is 4.17. The molecule has 1 aromatic rings. The predicted molar refractivity (Wildman–Crippen MR) is 62.7 cm³/mol. The first-order valence-corrected chi connectivity index (χ1v) is 5.94. The summed E-state index contributed by atoms with van der Waals surface area (Å²) in [6, 6.07) is 10.7. The third-order valence-corrected chi connectivity index (χ3v) is 2.92. The minimum atomic E-state index is 0.421. The molecule has 0 amide bonds. The Kier molecular flexibility index (Phi) is 3.79. The molecule has 0 bridgehead atoms. The van der Waals surface area contributed by atoms with Gasteiger partial charge in [-0.3, -0.25) is 0 Å². The minimum Gasteiger partial charge on any atom is -0.372 e. The number of hydrogen-bond acceptors (Lipinski definition) is 1. The monoisotopic (exact) mass is 203 g/mol. The van der Waals surface area contributed by atoms with Gasteiger partial charge in [-0.1, -0.05) is 56.5 Å². The normalized spacial score (nSPS) is 19.5. The number of benzene rings is 1. The number of ether oxygens (including phenoxy) is 1. The van der Waals surface area contributed by atoms with E-state index in [1.807, 2.05) is 0 Å². The minimum absolute atomic E-state index is 0.421. The Bertz CT molecular complexity index is 277. The van der Waals surface area contributed by atoms with Crippen LogP contribution in [0.5, 0.6) is 0 Å². The Morgan fingerprint density at radius 3 is 2.60 bits per heavy atom. The van der Waals surface area contributed by atoms with Crippen LogP contribution in [0.25, 0.3) is 0 Å². The quantitative estimate of drug-likeness (QED) is 0.508. The van der Waals surface area contributed by atoms with Gasteiger partial charge < -0.3 is 4.74 Å². The third kappa shape index (κ3) is 3.07. The lowest BCUT2D eigenvalue weighted by Gasteiger charge is -2.13. The first-order chi connectivity index (χ1) is 7.42. The molecule has 1 unspecified atom stereocenters. The summed E-state index contributed by atoms with van der Waals surface area (Å²) < 4.78 is 5.42. The van der Waals surface area contributed by atoms with E-state index in [9.17, 15) is 0 Å². The zero-order valence-electron chi connectivity index (χ0n) is 9.41. The Hall–Kier alpha value is -0.820. The molecule has 0 saturated carbocycles. The summed E-state index contributed by atoms with van der Waals surface area (Å²) >= 11 is 0. The van der Waals surface area contributed by atoms with Crippen molar-refractivity contribution >= 4 is 0 Å². The summed E-state index contributed by atoms with van der Waals surface area (Å²) in [5.41, 5.74) is 1.37. The zero-order chi connectivity index (χ0) is 10.5. The Labute approximate surface area is 92.5 Å². The second kappa shape index (κ2) is 5.32. The van der Waals surface area contributed by atoms with Crippen LogP contribution in [0.3, 0.4) is 0 Å². The molecule has 81 valence electrons. The fourth-order valence-corrected chi connectivity index (χ4v) is 1.96. The van der Waals surface area contributed by atoms with Gasteiger partial charge in [0.1, 0.15) is 0 Å². The average molecular weight is 203 g/mol. The summed E-state index contributed by atoms with van der Waals surface area (Å²) in [6.45, 7) is 3.17. The van der Waals surface area contributed by atoms with Crippen LogP contribution in [0.15, 0.2) is 30.3 Å². The summed E-state index contributed by atoms with van der Waals surface area (Å²) in [5, 5.41) is 0. The fourth-order valence-electron chi connectivity index (χ4n) is 1.96. The van der Waals surface area contributed by atoms with E-state index in [-0.39, 0.29) is 0 Å². The topological polar surface area (TPSA) is 12.5 Å². The van der Waals surface area contributed by atoms with Crippen molar-refractivity contribution in [1.82, 2.24) is 0 Å². The molecule has 1 fully saturated rings. The standard InChI is InChI=1S/C14H19O/c1-2-3-5-10-13(14-11-15-14)12-8-6-4-7-9-12/h4,6-9,14H,2-3,5,10-11H2,1H3. The number of hydrogen-bond donors (Lipinski definition) is 0. The molecule has 2 rings (SSSR count). The molecule has 1 aliphatic rings. The Balaban J connectivity index is 1.94. The summed E-state index contributed by atoms with van der Waals surface area (Å²) in [5.74, 6) is 1.50. The van der Waals surface area contributed by atoms with Gasteiger partial charge >= 0.3 is 0 Å². The van der Waals surface area contributed by atoms with Gasteiger partial charge in [-0.15, -0.1) is 0 Å². The maximum atomic E-state index is 5.42. The van der Waals surface area contributed by atoms with Crippen molar-refractivity contribution in [3.8, 4) is 0 Å². The van der Waals surface area contributed by atoms with E-state index in [1.54, 1.807) is 0 Å². The predicted octanol–water partition coefficient (Wildman–Crippen LogP) is 3.59. The van der Waals surface area contributed by atoms with Crippen LogP contribution in [0.1, 0.15) is 38.2 Å². The molecule has 0 aromatic heterocycles. The number of rotatable bonds is 6. The number of epoxide rings is 1. The summed E-state index contributed by atoms with van der Waals surface area (Å²) in [6.07, 6.45) is 5.52. The molecule has 1 aromatic carbocycles. The smallest absolute Gasteiger partial charge is 0.0915 e. The molecule has 0 aliphatic carbocycles. The molecule has 1 radical (unpaired) electrons. The lowest BCUT2D eigenvalue weighted by atomic mass is 9.90. The molecule has 15 heavy (non-hydrogen) atoms. The van der Waals surface area contributed by atoms with Crippen molar-refractivity contribution in [2.24, 2.45) is 0 Å². The van der Waals surface area contributed by atoms with Gasteiger partial charge in [0.15, 0.2) is 0 Å². The van der Waals surface area contributed by atoms with Crippen LogP contribution in [0.2, 0.25) is 0 Å². The second-order valence-corrected chi connectivity index (χ2v) is 4.17. The fraction of sp³-hybridized carbons (Fsp3) is 0.500. The highest BCUT2D eigenvalue weighted by molar-refractivity contribution is 5.34. The molecule has 1 nitrogen and oxygen atoms in total. The van der Waals surface area contributed by atoms with Crippen molar-refractivity contribution in [2.45, 2.75) is 38.7 Å². The van der Waals surface area contributed by atoms with Crippen LogP contribution in [-0.2, 0) is 4.74 Å². The third-order valence-electron chi connectivity index (χ3n) is 2.92. The summed E-state index contributed by atoms with van der Waals surface area (Å²) in [4.78, 5) is 0. The molecule has 1 atom stereocenters. The molecule has 1 heterocycles. The molecule has 1 aliphatic heterocycles. The SMILES string of the molecule is CCCCC[C](c1ccccc1)C1CO1. The Morgan fingerprint density at radius 2 is 2.00 bits per heavy atom. The first kappa shape index (κ1) is 10.7. The van der Waals surface area contributed by atoms with Crippen molar-refractivity contribution in [3.63, 3.8) is 0 Å². The van der Waals surface area contributed by atoms with Crippen molar-refractivity contribution in [3.05, 3.63) is 41.8 Å². The van der Waals surface area contributed by atoms with Crippen molar-refractivity contribution in [1.29, 1.82) is 0 Å². The van der Waals surface area contributed by atoms with Gasteiger partial charge in [0.25, 0.3) is 0 Å². The highest BCUT2D eigenvalue weighted by atomic mass is 16.6. The van der Waals surface area contributed by atoms with E-state index < -0.39 is 0 Å². The highest BCUT2D eigenvalue weighted by Crippen LogP contribution is 2.33. The van der Waals surface area contributed by atoms with Gasteiger partial charge in [-0.2, -0.15) is 0 Å². The highest BCUT2D eigenvalue weighted by Gasteiger charge is 2.33. The molecule has 1 heteroatoms. The van der Waals surface area contributed by atoms with Crippen LogP contribution >= 0.6 is 0 Å². The van der Waals surface area contributed by atoms with Gasteiger partial charge in [0, 0.05) is 5.92 Å². The maximum absolute atomic E-state index is 5.42. The van der Waals surface area contributed by atoms with Gasteiger partial charge in [0.05, 0.1) is 12.7 Å². The number of unbranched alkanes of at least 4 members (excludes halogenated alkanes) is 2. The average Bonchev–Trinajstić information content (AvgIpc) is 3.10. The van der Waals surface area contributed by atoms with Crippen LogP contribution in [0.4, 0.5) is 0 Å². The molecular formula is C14H19O. The van der Waals surface area contributed by atoms with Crippen molar-refractivity contribution < 1.29 is 4.74 Å². The first-order valence-electron chi connectivity index (χ1n) is 5.94. The summed E-state index contributed by atoms with van der Waals surface area (Å²) in [7, 11) is 0. The lowest BCUT2D eigenvalue weighted by Crippen LogP contribution is -2.07. The van der Waals surface area contributed by atoms with Gasteiger partial charge in [0.2, 0.25) is 0 Å². The van der Waals surface area contributed by atoms with Crippen LogP contribution < -0.4 is 0 Å². The molecule has 0 N–H and O–H groups in total. The Morgan fingerprint density at radius 1 is 1.27 bits per heavy atom. The van der Waals surface area contributed by atoms with E-state index in [1.165, 1.54) is 37.2 Å². The van der Waals surface area contributed by atoms with E-state index in [4.69, 9.17) is 4.74 Å². The maximum Gasteiger partial charge on any atom is 0.0915 e. The molecule has 1 saturated heterocycles. The van der Waals surface area contributed by atoms with Gasteiger partial charge in [-0.05, 0) is 12.0 Å². The molecular weight excluding hydrogens is 184 g/mol. The van der Waals surface area contributed by atoms with E-state index in [2.05, 4.69) is 37.3 Å². The van der Waals surface area contributed by atoms with E-state index in [0.717, 1.165) is 6.61 Å². The van der Waals surface area contributed by atoms with Gasteiger partial charge in [-0.25, -0.2) is 0 Å². The van der Waals surface area contributed by atoms with E-state index >= 15 is 0 Å². The van der Waals surface area contributed by atoms with E-state index in [0.29, 0.717) is 6.10 Å².